The van der Waals surface area contributed by atoms with Crippen LogP contribution in [-0.4, -0.2) is 43.2 Å². The highest BCUT2D eigenvalue weighted by molar-refractivity contribution is 7.89. The SMILES string of the molecule is CN(CC=Cc1ccc(-c2ccccc2)cc1)S(=O)(=O)CC(=O)NO. The van der Waals surface area contributed by atoms with E-state index in [0.29, 0.717) is 0 Å². The Hall–Kier alpha value is -2.48. The number of nitrogens with one attached hydrogen (secondary N) is 1. The third-order valence-corrected chi connectivity index (χ3v) is 5.33. The lowest BCUT2D eigenvalue weighted by atomic mass is 10.0. The Morgan fingerprint density at radius 2 is 1.68 bits per heavy atom. The predicted molar refractivity (Wildman–Crippen MR) is 97.3 cm³/mol. The van der Waals surface area contributed by atoms with Crippen molar-refractivity contribution in [3.8, 4) is 11.1 Å². The van der Waals surface area contributed by atoms with E-state index in [9.17, 15) is 13.2 Å². The van der Waals surface area contributed by atoms with E-state index < -0.39 is 21.7 Å². The molecule has 0 atom stereocenters. The first-order chi connectivity index (χ1) is 11.9. The summed E-state index contributed by atoms with van der Waals surface area (Å²) in [5, 5.41) is 8.41. The molecule has 2 aromatic carbocycles. The summed E-state index contributed by atoms with van der Waals surface area (Å²) in [6.45, 7) is 0.126. The van der Waals surface area contributed by atoms with Crippen molar-refractivity contribution in [2.75, 3.05) is 19.3 Å². The molecule has 0 fully saturated rings. The van der Waals surface area contributed by atoms with Gasteiger partial charge in [0.1, 0.15) is 5.75 Å². The zero-order valence-electron chi connectivity index (χ0n) is 13.8. The van der Waals surface area contributed by atoms with E-state index in [1.54, 1.807) is 6.08 Å². The fourth-order valence-corrected chi connectivity index (χ4v) is 3.11. The van der Waals surface area contributed by atoms with Crippen molar-refractivity contribution >= 4 is 22.0 Å². The van der Waals surface area contributed by atoms with E-state index in [1.165, 1.54) is 12.5 Å². The van der Waals surface area contributed by atoms with Crippen LogP contribution in [0.3, 0.4) is 0 Å². The number of benzene rings is 2. The molecule has 0 saturated carbocycles. The second kappa shape index (κ2) is 8.57. The first kappa shape index (κ1) is 18.9. The lowest BCUT2D eigenvalue weighted by Gasteiger charge is -2.14. The molecule has 0 aromatic heterocycles. The quantitative estimate of drug-likeness (QED) is 0.585. The molecule has 0 aliphatic carbocycles. The number of sulfonamides is 1. The van der Waals surface area contributed by atoms with E-state index >= 15 is 0 Å². The van der Waals surface area contributed by atoms with Crippen LogP contribution in [-0.2, 0) is 14.8 Å². The Balaban J connectivity index is 1.97. The normalized spacial score (nSPS) is 11.8. The van der Waals surface area contributed by atoms with Gasteiger partial charge in [-0.2, -0.15) is 0 Å². The van der Waals surface area contributed by atoms with Gasteiger partial charge in [-0.1, -0.05) is 66.7 Å². The molecule has 0 radical (unpaired) electrons. The lowest BCUT2D eigenvalue weighted by molar-refractivity contribution is -0.126. The predicted octanol–water partition coefficient (Wildman–Crippen LogP) is 2.13. The Kier molecular flexibility index (Phi) is 6.46. The summed E-state index contributed by atoms with van der Waals surface area (Å²) in [5.41, 5.74) is 4.49. The van der Waals surface area contributed by atoms with Gasteiger partial charge in [-0.25, -0.2) is 18.2 Å². The molecule has 2 rings (SSSR count). The highest BCUT2D eigenvalue weighted by atomic mass is 32.2. The number of rotatable bonds is 7. The summed E-state index contributed by atoms with van der Waals surface area (Å²) >= 11 is 0. The third kappa shape index (κ3) is 5.53. The maximum atomic E-state index is 11.9. The van der Waals surface area contributed by atoms with E-state index in [-0.39, 0.29) is 6.54 Å². The van der Waals surface area contributed by atoms with E-state index in [1.807, 2.05) is 60.7 Å². The number of carbonyl (C=O) groups is 1. The van der Waals surface area contributed by atoms with Gasteiger partial charge in [0, 0.05) is 13.6 Å². The molecule has 0 bridgehead atoms. The number of carbonyl (C=O) groups excluding carboxylic acids is 1. The van der Waals surface area contributed by atoms with Crippen molar-refractivity contribution in [3.63, 3.8) is 0 Å². The number of hydroxylamine groups is 1. The van der Waals surface area contributed by atoms with Crippen molar-refractivity contribution in [3.05, 3.63) is 66.2 Å². The van der Waals surface area contributed by atoms with Crippen LogP contribution in [0.4, 0.5) is 0 Å². The number of nitrogens with zero attached hydrogens (tertiary/aromatic N) is 1. The second-order valence-corrected chi connectivity index (χ2v) is 7.54. The summed E-state index contributed by atoms with van der Waals surface area (Å²) < 4.78 is 24.8. The summed E-state index contributed by atoms with van der Waals surface area (Å²) in [6, 6.07) is 17.9. The molecule has 0 aliphatic heterocycles. The monoisotopic (exact) mass is 360 g/mol. The Morgan fingerprint density at radius 3 is 2.28 bits per heavy atom. The number of hydrogen-bond acceptors (Lipinski definition) is 4. The van der Waals surface area contributed by atoms with Gasteiger partial charge in [0.25, 0.3) is 5.91 Å². The average Bonchev–Trinajstić information content (AvgIpc) is 2.62. The molecule has 1 amide bonds. The van der Waals surface area contributed by atoms with Crippen LogP contribution < -0.4 is 5.48 Å². The molecular weight excluding hydrogens is 340 g/mol. The summed E-state index contributed by atoms with van der Waals surface area (Å²) in [7, 11) is -2.38. The van der Waals surface area contributed by atoms with Crippen LogP contribution in [0.5, 0.6) is 0 Å². The van der Waals surface area contributed by atoms with Gasteiger partial charge >= 0.3 is 0 Å². The van der Waals surface area contributed by atoms with Crippen LogP contribution >= 0.6 is 0 Å². The fraction of sp³-hybridized carbons (Fsp3) is 0.167. The van der Waals surface area contributed by atoms with Crippen LogP contribution in [0, 0.1) is 0 Å². The van der Waals surface area contributed by atoms with Gasteiger partial charge in [-0.15, -0.1) is 0 Å². The highest BCUT2D eigenvalue weighted by Gasteiger charge is 2.20. The van der Waals surface area contributed by atoms with Gasteiger partial charge < -0.3 is 0 Å². The van der Waals surface area contributed by atoms with Crippen molar-refractivity contribution < 1.29 is 18.4 Å². The second-order valence-electron chi connectivity index (χ2n) is 5.46. The van der Waals surface area contributed by atoms with Gasteiger partial charge in [-0.3, -0.25) is 10.0 Å². The minimum atomic E-state index is -3.76. The zero-order valence-corrected chi connectivity index (χ0v) is 14.6. The van der Waals surface area contributed by atoms with Crippen molar-refractivity contribution in [2.45, 2.75) is 0 Å². The molecule has 6 nitrogen and oxygen atoms in total. The fourth-order valence-electron chi connectivity index (χ4n) is 2.18. The van der Waals surface area contributed by atoms with Crippen LogP contribution in [0.25, 0.3) is 17.2 Å². The molecule has 2 N–H and O–H groups in total. The molecule has 0 aliphatic rings. The number of amides is 1. The Morgan fingerprint density at radius 1 is 1.08 bits per heavy atom. The van der Waals surface area contributed by atoms with Gasteiger partial charge in [-0.05, 0) is 16.7 Å². The molecule has 0 spiro atoms. The standard InChI is InChI=1S/C18H20N2O4S/c1-20(25(23,24)14-18(21)19-22)13-5-6-15-9-11-17(12-10-15)16-7-3-2-4-8-16/h2-12,22H,13-14H2,1H3,(H,19,21). The van der Waals surface area contributed by atoms with E-state index in [4.69, 9.17) is 5.21 Å². The van der Waals surface area contributed by atoms with Crippen LogP contribution in [0.2, 0.25) is 0 Å². The third-order valence-electron chi connectivity index (χ3n) is 3.60. The largest absolute Gasteiger partial charge is 0.289 e. The minimum absolute atomic E-state index is 0.126. The molecule has 2 aromatic rings. The van der Waals surface area contributed by atoms with E-state index in [0.717, 1.165) is 21.0 Å². The van der Waals surface area contributed by atoms with Gasteiger partial charge in [0.05, 0.1) is 0 Å². The minimum Gasteiger partial charge on any atom is -0.289 e. The maximum Gasteiger partial charge on any atom is 0.259 e. The first-order valence-electron chi connectivity index (χ1n) is 7.61. The highest BCUT2D eigenvalue weighted by Crippen LogP contribution is 2.19. The summed E-state index contributed by atoms with van der Waals surface area (Å²) in [4.78, 5) is 11.0. The molecule has 7 heteroatoms. The maximum absolute atomic E-state index is 11.9. The molecule has 25 heavy (non-hydrogen) atoms. The molecule has 132 valence electrons. The summed E-state index contributed by atoms with van der Waals surface area (Å²) in [6.07, 6.45) is 3.51. The van der Waals surface area contributed by atoms with E-state index in [2.05, 4.69) is 0 Å². The molecule has 0 heterocycles. The molecular formula is C18H20N2O4S. The molecule has 0 saturated heterocycles. The topological polar surface area (TPSA) is 86.7 Å². The van der Waals surface area contributed by atoms with Crippen molar-refractivity contribution in [2.24, 2.45) is 0 Å². The Labute approximate surface area is 147 Å². The van der Waals surface area contributed by atoms with Crippen molar-refractivity contribution in [1.82, 2.24) is 9.79 Å². The van der Waals surface area contributed by atoms with Gasteiger partial charge in [0.15, 0.2) is 0 Å². The zero-order chi connectivity index (χ0) is 18.3. The van der Waals surface area contributed by atoms with Crippen LogP contribution in [0.1, 0.15) is 5.56 Å². The Bertz CT molecular complexity index is 831. The lowest BCUT2D eigenvalue weighted by Crippen LogP contribution is -2.36. The van der Waals surface area contributed by atoms with Gasteiger partial charge in [0.2, 0.25) is 10.0 Å². The first-order valence-corrected chi connectivity index (χ1v) is 9.22. The average molecular weight is 360 g/mol. The number of hydrogen-bond donors (Lipinski definition) is 2. The van der Waals surface area contributed by atoms with Crippen molar-refractivity contribution in [1.29, 1.82) is 0 Å². The summed E-state index contributed by atoms with van der Waals surface area (Å²) in [5.74, 6) is -1.76. The number of likely N-dealkylation sites (N-methyl/N-ethyl adjacent to an activating group) is 1. The molecule has 0 unspecified atom stereocenters. The van der Waals surface area contributed by atoms with Crippen LogP contribution in [0.15, 0.2) is 60.7 Å². The smallest absolute Gasteiger partial charge is 0.259 e.